The zero-order chi connectivity index (χ0) is 15.2. The standard InChI is InChI=1S/C16H22O5/c1-11-5-6-13(20-11)10-14(18)16(19)15-8-7-12(21-15)4-2-3-9-17/h5-8,14,16-19H,2-4,9-10H2,1H3/t14-,16+/m1/s1. The minimum absolute atomic E-state index is 0.164. The van der Waals surface area contributed by atoms with Gasteiger partial charge < -0.3 is 24.2 Å². The van der Waals surface area contributed by atoms with Crippen molar-refractivity contribution in [1.82, 2.24) is 0 Å². The Hall–Kier alpha value is -1.56. The molecule has 0 amide bonds. The second-order valence-corrected chi connectivity index (χ2v) is 5.21. The van der Waals surface area contributed by atoms with Crippen molar-refractivity contribution in [3.63, 3.8) is 0 Å². The van der Waals surface area contributed by atoms with E-state index in [4.69, 9.17) is 13.9 Å². The summed E-state index contributed by atoms with van der Waals surface area (Å²) in [5.41, 5.74) is 0. The van der Waals surface area contributed by atoms with Gasteiger partial charge in [0.05, 0.1) is 6.10 Å². The van der Waals surface area contributed by atoms with Crippen LogP contribution >= 0.6 is 0 Å². The molecule has 0 saturated heterocycles. The molecule has 0 bridgehead atoms. The van der Waals surface area contributed by atoms with Crippen LogP contribution in [0.15, 0.2) is 33.1 Å². The molecule has 116 valence electrons. The van der Waals surface area contributed by atoms with Gasteiger partial charge in [0.1, 0.15) is 29.1 Å². The molecule has 0 aliphatic carbocycles. The van der Waals surface area contributed by atoms with Crippen LogP contribution in [0.2, 0.25) is 0 Å². The summed E-state index contributed by atoms with van der Waals surface area (Å²) in [6.45, 7) is 2.00. The maximum absolute atomic E-state index is 10.1. The Morgan fingerprint density at radius 3 is 2.43 bits per heavy atom. The van der Waals surface area contributed by atoms with Gasteiger partial charge in [-0.2, -0.15) is 0 Å². The molecule has 2 aromatic rings. The Bertz CT molecular complexity index is 542. The molecule has 0 spiro atoms. The summed E-state index contributed by atoms with van der Waals surface area (Å²) in [6.07, 6.45) is 0.428. The molecule has 3 N–H and O–H groups in total. The van der Waals surface area contributed by atoms with Crippen LogP contribution in [-0.4, -0.2) is 28.0 Å². The number of furan rings is 2. The quantitative estimate of drug-likeness (QED) is 0.649. The van der Waals surface area contributed by atoms with E-state index in [0.717, 1.165) is 24.4 Å². The summed E-state index contributed by atoms with van der Waals surface area (Å²) in [6, 6.07) is 7.07. The first-order valence-electron chi connectivity index (χ1n) is 7.21. The van der Waals surface area contributed by atoms with Gasteiger partial charge in [0, 0.05) is 19.4 Å². The second-order valence-electron chi connectivity index (χ2n) is 5.21. The fraction of sp³-hybridized carbons (Fsp3) is 0.500. The number of unbranched alkanes of at least 4 members (excludes halogenated alkanes) is 1. The average Bonchev–Trinajstić information content (AvgIpc) is 3.08. The lowest BCUT2D eigenvalue weighted by atomic mass is 10.1. The predicted molar refractivity (Wildman–Crippen MR) is 76.8 cm³/mol. The molecule has 5 heteroatoms. The molecule has 0 fully saturated rings. The van der Waals surface area contributed by atoms with Gasteiger partial charge in [0.15, 0.2) is 0 Å². The molecule has 2 atom stereocenters. The SMILES string of the molecule is Cc1ccc(C[C@@H](O)[C@H](O)c2ccc(CCCCO)o2)o1. The number of aryl methyl sites for hydroxylation is 2. The molecule has 2 heterocycles. The van der Waals surface area contributed by atoms with Crippen LogP contribution in [0.25, 0.3) is 0 Å². The van der Waals surface area contributed by atoms with Crippen molar-refractivity contribution in [3.8, 4) is 0 Å². The first-order chi connectivity index (χ1) is 10.1. The molecule has 0 aliphatic rings. The van der Waals surface area contributed by atoms with Gasteiger partial charge in [-0.15, -0.1) is 0 Å². The lowest BCUT2D eigenvalue weighted by Gasteiger charge is -2.14. The van der Waals surface area contributed by atoms with E-state index in [9.17, 15) is 10.2 Å². The third-order valence-electron chi connectivity index (χ3n) is 3.38. The van der Waals surface area contributed by atoms with Gasteiger partial charge in [-0.3, -0.25) is 0 Å². The van der Waals surface area contributed by atoms with Crippen LogP contribution in [0.3, 0.4) is 0 Å². The lowest BCUT2D eigenvalue weighted by molar-refractivity contribution is 0.00284. The molecule has 0 unspecified atom stereocenters. The highest BCUT2D eigenvalue weighted by Gasteiger charge is 2.23. The number of rotatable bonds is 8. The van der Waals surface area contributed by atoms with Crippen LogP contribution in [-0.2, 0) is 12.8 Å². The van der Waals surface area contributed by atoms with Crippen molar-refractivity contribution in [2.75, 3.05) is 6.61 Å². The maximum atomic E-state index is 10.1. The highest BCUT2D eigenvalue weighted by Crippen LogP contribution is 2.23. The van der Waals surface area contributed by atoms with E-state index in [1.54, 1.807) is 18.2 Å². The van der Waals surface area contributed by atoms with Crippen molar-refractivity contribution in [2.24, 2.45) is 0 Å². The van der Waals surface area contributed by atoms with Gasteiger partial charge in [-0.1, -0.05) is 0 Å². The third kappa shape index (κ3) is 4.46. The summed E-state index contributed by atoms with van der Waals surface area (Å²) < 4.78 is 10.9. The molecule has 2 rings (SSSR count). The topological polar surface area (TPSA) is 87.0 Å². The Kier molecular flexibility index (Phi) is 5.61. The Labute approximate surface area is 123 Å². The Balaban J connectivity index is 1.90. The summed E-state index contributed by atoms with van der Waals surface area (Å²) in [5, 5.41) is 28.9. The van der Waals surface area contributed by atoms with E-state index in [0.29, 0.717) is 17.9 Å². The average molecular weight is 294 g/mol. The van der Waals surface area contributed by atoms with Crippen LogP contribution < -0.4 is 0 Å². The highest BCUT2D eigenvalue weighted by atomic mass is 16.4. The summed E-state index contributed by atoms with van der Waals surface area (Å²) >= 11 is 0. The number of aliphatic hydroxyl groups is 3. The van der Waals surface area contributed by atoms with Gasteiger partial charge in [-0.25, -0.2) is 0 Å². The third-order valence-corrected chi connectivity index (χ3v) is 3.38. The first-order valence-corrected chi connectivity index (χ1v) is 7.21. The fourth-order valence-corrected chi connectivity index (χ4v) is 2.20. The summed E-state index contributed by atoms with van der Waals surface area (Å²) in [4.78, 5) is 0. The lowest BCUT2D eigenvalue weighted by Crippen LogP contribution is -2.20. The van der Waals surface area contributed by atoms with Gasteiger partial charge in [-0.05, 0) is 44.0 Å². The second kappa shape index (κ2) is 7.45. The molecular formula is C16H22O5. The van der Waals surface area contributed by atoms with Crippen molar-refractivity contribution in [1.29, 1.82) is 0 Å². The maximum Gasteiger partial charge on any atom is 0.138 e. The van der Waals surface area contributed by atoms with E-state index in [1.165, 1.54) is 0 Å². The molecule has 0 radical (unpaired) electrons. The smallest absolute Gasteiger partial charge is 0.138 e. The van der Waals surface area contributed by atoms with Crippen LogP contribution in [0.1, 0.15) is 42.0 Å². The van der Waals surface area contributed by atoms with Crippen LogP contribution in [0, 0.1) is 6.92 Å². The zero-order valence-electron chi connectivity index (χ0n) is 12.2. The van der Waals surface area contributed by atoms with Crippen LogP contribution in [0.4, 0.5) is 0 Å². The Morgan fingerprint density at radius 2 is 1.76 bits per heavy atom. The molecular weight excluding hydrogens is 272 g/mol. The van der Waals surface area contributed by atoms with E-state index in [-0.39, 0.29) is 13.0 Å². The van der Waals surface area contributed by atoms with E-state index in [2.05, 4.69) is 0 Å². The summed E-state index contributed by atoms with van der Waals surface area (Å²) in [5.74, 6) is 2.51. The zero-order valence-corrected chi connectivity index (χ0v) is 12.2. The van der Waals surface area contributed by atoms with Gasteiger partial charge >= 0.3 is 0 Å². The van der Waals surface area contributed by atoms with Crippen molar-refractivity contribution >= 4 is 0 Å². The molecule has 0 aliphatic heterocycles. The van der Waals surface area contributed by atoms with Crippen molar-refractivity contribution in [3.05, 3.63) is 47.3 Å². The monoisotopic (exact) mass is 294 g/mol. The number of hydrogen-bond donors (Lipinski definition) is 3. The molecule has 5 nitrogen and oxygen atoms in total. The van der Waals surface area contributed by atoms with Gasteiger partial charge in [0.2, 0.25) is 0 Å². The van der Waals surface area contributed by atoms with Crippen LogP contribution in [0.5, 0.6) is 0 Å². The normalized spacial score (nSPS) is 14.3. The largest absolute Gasteiger partial charge is 0.466 e. The minimum atomic E-state index is -1.08. The first kappa shape index (κ1) is 15.8. The van der Waals surface area contributed by atoms with E-state index in [1.807, 2.05) is 13.0 Å². The minimum Gasteiger partial charge on any atom is -0.466 e. The highest BCUT2D eigenvalue weighted by molar-refractivity contribution is 5.12. The number of hydrogen-bond acceptors (Lipinski definition) is 5. The van der Waals surface area contributed by atoms with Crippen molar-refractivity contribution < 1.29 is 24.2 Å². The molecule has 0 aromatic carbocycles. The molecule has 0 saturated carbocycles. The molecule has 21 heavy (non-hydrogen) atoms. The van der Waals surface area contributed by atoms with Gasteiger partial charge in [0.25, 0.3) is 0 Å². The van der Waals surface area contributed by atoms with E-state index < -0.39 is 12.2 Å². The Morgan fingerprint density at radius 1 is 1.00 bits per heavy atom. The van der Waals surface area contributed by atoms with Crippen molar-refractivity contribution in [2.45, 2.75) is 44.8 Å². The fourth-order valence-electron chi connectivity index (χ4n) is 2.20. The van der Waals surface area contributed by atoms with E-state index >= 15 is 0 Å². The molecule has 2 aromatic heterocycles. The number of aliphatic hydroxyl groups excluding tert-OH is 3. The predicted octanol–water partition coefficient (Wildman–Crippen LogP) is 2.13. The summed E-state index contributed by atoms with van der Waals surface area (Å²) in [7, 11) is 0.